The van der Waals surface area contributed by atoms with Crippen LogP contribution in [0.2, 0.25) is 0 Å². The first-order chi connectivity index (χ1) is 12.4. The topological polar surface area (TPSA) is 82.0 Å². The SMILES string of the molecule is CCNC(=NCc1csc(C(C)C)n1)NCC(C)(O)CN1CCOCC1. The predicted octanol–water partition coefficient (Wildman–Crippen LogP) is 1.40. The summed E-state index contributed by atoms with van der Waals surface area (Å²) in [4.78, 5) is 11.5. The number of nitrogens with zero attached hydrogens (tertiary/aromatic N) is 3. The molecule has 1 aliphatic rings. The minimum absolute atomic E-state index is 0.435. The van der Waals surface area contributed by atoms with E-state index in [9.17, 15) is 5.11 Å². The zero-order valence-electron chi connectivity index (χ0n) is 16.4. The molecule has 2 rings (SSSR count). The Morgan fingerprint density at radius 3 is 2.77 bits per heavy atom. The van der Waals surface area contributed by atoms with Gasteiger partial charge in [0.05, 0.1) is 36.1 Å². The van der Waals surface area contributed by atoms with Crippen molar-refractivity contribution in [3.63, 3.8) is 0 Å². The third-order valence-electron chi connectivity index (χ3n) is 4.11. The lowest BCUT2D eigenvalue weighted by Crippen LogP contribution is -2.52. The summed E-state index contributed by atoms with van der Waals surface area (Å²) in [6.45, 7) is 13.7. The minimum atomic E-state index is -0.834. The van der Waals surface area contributed by atoms with E-state index in [0.29, 0.717) is 31.5 Å². The van der Waals surface area contributed by atoms with E-state index in [1.165, 1.54) is 0 Å². The van der Waals surface area contributed by atoms with E-state index >= 15 is 0 Å². The molecule has 0 spiro atoms. The van der Waals surface area contributed by atoms with Gasteiger partial charge in [0, 0.05) is 44.0 Å². The number of guanidine groups is 1. The second-order valence-electron chi connectivity index (χ2n) is 7.27. The van der Waals surface area contributed by atoms with Crippen molar-refractivity contribution in [2.24, 2.45) is 4.99 Å². The molecule has 26 heavy (non-hydrogen) atoms. The Kier molecular flexibility index (Phi) is 8.27. The van der Waals surface area contributed by atoms with Gasteiger partial charge >= 0.3 is 0 Å². The number of morpholine rings is 1. The highest BCUT2D eigenvalue weighted by Gasteiger charge is 2.25. The number of aliphatic imine (C=N–C) groups is 1. The van der Waals surface area contributed by atoms with Crippen LogP contribution in [0.3, 0.4) is 0 Å². The van der Waals surface area contributed by atoms with Crippen molar-refractivity contribution < 1.29 is 9.84 Å². The van der Waals surface area contributed by atoms with Gasteiger partial charge in [0.1, 0.15) is 0 Å². The Hall–Kier alpha value is -1.22. The summed E-state index contributed by atoms with van der Waals surface area (Å²) in [6.07, 6.45) is 0. The van der Waals surface area contributed by atoms with Crippen molar-refractivity contribution in [3.8, 4) is 0 Å². The van der Waals surface area contributed by atoms with Gasteiger partial charge in [-0.3, -0.25) is 4.90 Å². The van der Waals surface area contributed by atoms with Gasteiger partial charge < -0.3 is 20.5 Å². The van der Waals surface area contributed by atoms with Crippen molar-refractivity contribution in [2.75, 3.05) is 45.9 Å². The minimum Gasteiger partial charge on any atom is -0.387 e. The van der Waals surface area contributed by atoms with Gasteiger partial charge in [-0.15, -0.1) is 11.3 Å². The fourth-order valence-corrected chi connectivity index (χ4v) is 3.56. The summed E-state index contributed by atoms with van der Waals surface area (Å²) in [5.41, 5.74) is 0.148. The lowest BCUT2D eigenvalue weighted by molar-refractivity contribution is -0.0201. The molecular weight excluding hydrogens is 350 g/mol. The fraction of sp³-hybridized carbons (Fsp3) is 0.778. The van der Waals surface area contributed by atoms with E-state index < -0.39 is 5.60 Å². The van der Waals surface area contributed by atoms with Crippen LogP contribution in [0.5, 0.6) is 0 Å². The second kappa shape index (κ2) is 10.2. The first-order valence-electron chi connectivity index (χ1n) is 9.38. The van der Waals surface area contributed by atoms with E-state index in [-0.39, 0.29) is 0 Å². The molecule has 1 fully saturated rings. The van der Waals surface area contributed by atoms with E-state index in [1.54, 1.807) is 11.3 Å². The van der Waals surface area contributed by atoms with Crippen LogP contribution in [0.1, 0.15) is 44.3 Å². The Morgan fingerprint density at radius 1 is 1.42 bits per heavy atom. The molecule has 1 atom stereocenters. The van der Waals surface area contributed by atoms with Crippen molar-refractivity contribution in [3.05, 3.63) is 16.1 Å². The van der Waals surface area contributed by atoms with Crippen molar-refractivity contribution in [1.29, 1.82) is 0 Å². The van der Waals surface area contributed by atoms with E-state index in [1.807, 2.05) is 13.8 Å². The standard InChI is InChI=1S/C18H33N5O2S/c1-5-19-17(20-10-15-11-26-16(22-15)14(2)3)21-12-18(4,24)13-23-6-8-25-9-7-23/h11,14,24H,5-10,12-13H2,1-4H3,(H2,19,20,21). The van der Waals surface area contributed by atoms with Crippen molar-refractivity contribution >= 4 is 17.3 Å². The monoisotopic (exact) mass is 383 g/mol. The van der Waals surface area contributed by atoms with E-state index in [4.69, 9.17) is 4.74 Å². The predicted molar refractivity (Wildman–Crippen MR) is 107 cm³/mol. The molecular formula is C18H33N5O2S. The summed E-state index contributed by atoms with van der Waals surface area (Å²) >= 11 is 1.68. The number of aliphatic hydroxyl groups is 1. The maximum absolute atomic E-state index is 10.7. The van der Waals surface area contributed by atoms with Gasteiger partial charge in [-0.25, -0.2) is 9.98 Å². The molecule has 1 aromatic rings. The molecule has 3 N–H and O–H groups in total. The molecule has 0 radical (unpaired) electrons. The molecule has 1 saturated heterocycles. The molecule has 0 amide bonds. The summed E-state index contributed by atoms with van der Waals surface area (Å²) in [7, 11) is 0. The molecule has 0 aliphatic carbocycles. The number of β-amino-alcohol motifs (C(OH)–C–C–N with tert-alkyl or cyclic N) is 1. The lowest BCUT2D eigenvalue weighted by Gasteiger charge is -2.34. The van der Waals surface area contributed by atoms with Crippen LogP contribution in [0.15, 0.2) is 10.4 Å². The average molecular weight is 384 g/mol. The first-order valence-corrected chi connectivity index (χ1v) is 10.3. The largest absolute Gasteiger partial charge is 0.387 e. The molecule has 1 unspecified atom stereocenters. The van der Waals surface area contributed by atoms with Gasteiger partial charge in [0.15, 0.2) is 5.96 Å². The molecule has 148 valence electrons. The van der Waals surface area contributed by atoms with Crippen LogP contribution in [-0.2, 0) is 11.3 Å². The highest BCUT2D eigenvalue weighted by molar-refractivity contribution is 7.09. The third-order valence-corrected chi connectivity index (χ3v) is 5.31. The normalized spacial score (nSPS) is 18.8. The Labute approximate surface area is 160 Å². The molecule has 0 aromatic carbocycles. The first kappa shape index (κ1) is 21.1. The number of rotatable bonds is 8. The fourth-order valence-electron chi connectivity index (χ4n) is 2.73. The summed E-state index contributed by atoms with van der Waals surface area (Å²) < 4.78 is 5.36. The molecule has 7 nitrogen and oxygen atoms in total. The average Bonchev–Trinajstić information content (AvgIpc) is 3.07. The highest BCUT2D eigenvalue weighted by atomic mass is 32.1. The Bertz CT molecular complexity index is 568. The van der Waals surface area contributed by atoms with Crippen LogP contribution in [0, 0.1) is 0 Å². The van der Waals surface area contributed by atoms with Gasteiger partial charge in [0.25, 0.3) is 0 Å². The van der Waals surface area contributed by atoms with Crippen LogP contribution in [0.4, 0.5) is 0 Å². The number of aromatic nitrogens is 1. The van der Waals surface area contributed by atoms with Crippen molar-refractivity contribution in [1.82, 2.24) is 20.5 Å². The maximum atomic E-state index is 10.7. The molecule has 0 saturated carbocycles. The van der Waals surface area contributed by atoms with Crippen LogP contribution >= 0.6 is 11.3 Å². The van der Waals surface area contributed by atoms with Crippen molar-refractivity contribution in [2.45, 2.75) is 45.8 Å². The summed E-state index contributed by atoms with van der Waals surface area (Å²) in [6, 6.07) is 0. The smallest absolute Gasteiger partial charge is 0.191 e. The molecule has 2 heterocycles. The molecule has 8 heteroatoms. The van der Waals surface area contributed by atoms with Gasteiger partial charge in [-0.05, 0) is 13.8 Å². The highest BCUT2D eigenvalue weighted by Crippen LogP contribution is 2.19. The van der Waals surface area contributed by atoms with Crippen LogP contribution < -0.4 is 10.6 Å². The molecule has 0 bridgehead atoms. The van der Waals surface area contributed by atoms with Crippen LogP contribution in [0.25, 0.3) is 0 Å². The zero-order valence-corrected chi connectivity index (χ0v) is 17.2. The summed E-state index contributed by atoms with van der Waals surface area (Å²) in [5.74, 6) is 1.15. The number of nitrogens with one attached hydrogen (secondary N) is 2. The number of thiazole rings is 1. The lowest BCUT2D eigenvalue weighted by atomic mass is 10.1. The van der Waals surface area contributed by atoms with E-state index in [0.717, 1.165) is 43.5 Å². The van der Waals surface area contributed by atoms with E-state index in [2.05, 4.69) is 44.7 Å². The maximum Gasteiger partial charge on any atom is 0.191 e. The quantitative estimate of drug-likeness (QED) is 0.465. The van der Waals surface area contributed by atoms with Gasteiger partial charge in [-0.1, -0.05) is 13.8 Å². The molecule has 1 aromatic heterocycles. The number of hydrogen-bond acceptors (Lipinski definition) is 6. The second-order valence-corrected chi connectivity index (χ2v) is 8.16. The zero-order chi connectivity index (χ0) is 19.0. The summed E-state index contributed by atoms with van der Waals surface area (Å²) in [5, 5.41) is 20.4. The molecule has 1 aliphatic heterocycles. The Morgan fingerprint density at radius 2 is 2.15 bits per heavy atom. The van der Waals surface area contributed by atoms with Crippen LogP contribution in [-0.4, -0.2) is 72.5 Å². The number of ether oxygens (including phenoxy) is 1. The van der Waals surface area contributed by atoms with Gasteiger partial charge in [0.2, 0.25) is 0 Å². The Balaban J connectivity index is 1.87. The third kappa shape index (κ3) is 7.19. The van der Waals surface area contributed by atoms with Gasteiger partial charge in [-0.2, -0.15) is 0 Å². The number of hydrogen-bond donors (Lipinski definition) is 3.